The van der Waals surface area contributed by atoms with Crippen LogP contribution in [0.25, 0.3) is 11.4 Å². The fourth-order valence-corrected chi connectivity index (χ4v) is 2.98. The summed E-state index contributed by atoms with van der Waals surface area (Å²) in [6.07, 6.45) is 3.42. The van der Waals surface area contributed by atoms with Gasteiger partial charge in [-0.15, -0.1) is 0 Å². The number of anilines is 1. The lowest BCUT2D eigenvalue weighted by atomic mass is 10.1. The second kappa shape index (κ2) is 6.74. The number of nitrogens with one attached hydrogen (secondary N) is 2. The minimum atomic E-state index is -0.485. The van der Waals surface area contributed by atoms with E-state index in [1.54, 1.807) is 0 Å². The molecule has 1 aromatic heterocycles. The Balaban J connectivity index is 1.75. The van der Waals surface area contributed by atoms with Crippen LogP contribution in [0.1, 0.15) is 24.6 Å². The average Bonchev–Trinajstić information content (AvgIpc) is 3.21. The van der Waals surface area contributed by atoms with E-state index in [9.17, 15) is 4.79 Å². The molecule has 0 bridgehead atoms. The fourth-order valence-electron chi connectivity index (χ4n) is 2.98. The number of carbonyl (C=O) groups is 1. The van der Waals surface area contributed by atoms with Crippen molar-refractivity contribution in [2.24, 2.45) is 4.99 Å². The van der Waals surface area contributed by atoms with Crippen LogP contribution in [0.2, 0.25) is 0 Å². The fraction of sp³-hybridized carbons (Fsp3) is 0.353. The van der Waals surface area contributed by atoms with E-state index >= 15 is 0 Å². The van der Waals surface area contributed by atoms with Crippen molar-refractivity contribution in [1.29, 1.82) is 0 Å². The topological polar surface area (TPSA) is 82.6 Å². The number of amides is 1. The number of imidazole rings is 1. The van der Waals surface area contributed by atoms with Crippen molar-refractivity contribution in [1.82, 2.24) is 14.9 Å². The molecule has 0 spiro atoms. The predicted octanol–water partition coefficient (Wildman–Crippen LogP) is 3.05. The molecule has 2 N–H and O–H groups in total. The van der Waals surface area contributed by atoms with E-state index in [-0.39, 0.29) is 6.04 Å². The molecule has 1 amide bonds. The van der Waals surface area contributed by atoms with Gasteiger partial charge in [-0.2, -0.15) is 0 Å². The van der Waals surface area contributed by atoms with Gasteiger partial charge in [0.25, 0.3) is 0 Å². The summed E-state index contributed by atoms with van der Waals surface area (Å²) in [6.45, 7) is 0. The molecule has 1 unspecified atom stereocenters. The second-order valence-electron chi connectivity index (χ2n) is 5.69. The number of methoxy groups -OCH3 is 1. The second-order valence-corrected chi connectivity index (χ2v) is 5.69. The maximum atomic E-state index is 11.2. The van der Waals surface area contributed by atoms with Gasteiger partial charge in [0.2, 0.25) is 0 Å². The lowest BCUT2D eigenvalue weighted by Gasteiger charge is -2.20. The Bertz CT molecular complexity index is 751. The quantitative estimate of drug-likeness (QED) is 0.907. The van der Waals surface area contributed by atoms with Crippen molar-refractivity contribution in [3.8, 4) is 11.4 Å². The van der Waals surface area contributed by atoms with Crippen molar-refractivity contribution in [3.05, 3.63) is 36.2 Å². The molecule has 1 aliphatic heterocycles. The Labute approximate surface area is 140 Å². The average molecular weight is 327 g/mol. The first kappa shape index (κ1) is 16.0. The Morgan fingerprint density at radius 1 is 1.42 bits per heavy atom. The van der Waals surface area contributed by atoms with E-state index in [4.69, 9.17) is 0 Å². The van der Waals surface area contributed by atoms with Gasteiger partial charge >= 0.3 is 6.09 Å². The molecule has 1 aromatic carbocycles. The molecule has 2 heterocycles. The largest absolute Gasteiger partial charge is 0.453 e. The minimum absolute atomic E-state index is 0.283. The Morgan fingerprint density at radius 3 is 2.79 bits per heavy atom. The van der Waals surface area contributed by atoms with Crippen LogP contribution in [0, 0.1) is 0 Å². The molecule has 0 saturated carbocycles. The summed E-state index contributed by atoms with van der Waals surface area (Å²) in [5.41, 5.74) is 2.72. The molecule has 1 atom stereocenters. The molecule has 7 nitrogen and oxygen atoms in total. The SMILES string of the molecule is C/N=C1/CCC(c2cnc(-c3ccc(NC(=O)OC)cc3)[nH]2)N1C. The molecule has 24 heavy (non-hydrogen) atoms. The zero-order chi connectivity index (χ0) is 17.1. The Morgan fingerprint density at radius 2 is 2.17 bits per heavy atom. The first-order valence-corrected chi connectivity index (χ1v) is 7.81. The van der Waals surface area contributed by atoms with Gasteiger partial charge < -0.3 is 14.6 Å². The minimum Gasteiger partial charge on any atom is -0.453 e. The summed E-state index contributed by atoms with van der Waals surface area (Å²) in [5.74, 6) is 1.93. The molecule has 126 valence electrons. The van der Waals surface area contributed by atoms with Crippen molar-refractivity contribution in [2.45, 2.75) is 18.9 Å². The van der Waals surface area contributed by atoms with Gasteiger partial charge in [-0.3, -0.25) is 10.3 Å². The number of likely N-dealkylation sites (tertiary alicyclic amines) is 1. The third-order valence-electron chi connectivity index (χ3n) is 4.32. The van der Waals surface area contributed by atoms with Gasteiger partial charge in [0.15, 0.2) is 0 Å². The lowest BCUT2D eigenvalue weighted by molar-refractivity contribution is 0.187. The summed E-state index contributed by atoms with van der Waals surface area (Å²) < 4.78 is 4.57. The van der Waals surface area contributed by atoms with E-state index in [1.165, 1.54) is 7.11 Å². The molecular weight excluding hydrogens is 306 g/mol. The maximum absolute atomic E-state index is 11.2. The summed E-state index contributed by atoms with van der Waals surface area (Å²) in [6, 6.07) is 7.73. The van der Waals surface area contributed by atoms with Gasteiger partial charge in [-0.05, 0) is 30.7 Å². The number of aromatic amines is 1. The number of carbonyl (C=O) groups excluding carboxylic acids is 1. The molecule has 1 aliphatic rings. The molecule has 1 saturated heterocycles. The van der Waals surface area contributed by atoms with Gasteiger partial charge in [0.05, 0.1) is 30.9 Å². The zero-order valence-electron chi connectivity index (χ0n) is 14.0. The van der Waals surface area contributed by atoms with E-state index < -0.39 is 6.09 Å². The van der Waals surface area contributed by atoms with Crippen LogP contribution in [0.4, 0.5) is 10.5 Å². The summed E-state index contributed by atoms with van der Waals surface area (Å²) in [4.78, 5) is 25.6. The van der Waals surface area contributed by atoms with Crippen LogP contribution >= 0.6 is 0 Å². The smallest absolute Gasteiger partial charge is 0.411 e. The van der Waals surface area contributed by atoms with Gasteiger partial charge in [0.1, 0.15) is 5.82 Å². The third-order valence-corrected chi connectivity index (χ3v) is 4.32. The van der Waals surface area contributed by atoms with Gasteiger partial charge in [0, 0.05) is 31.8 Å². The molecule has 3 rings (SSSR count). The number of aliphatic imine (C=N–C) groups is 1. The van der Waals surface area contributed by atoms with E-state index in [0.717, 1.165) is 35.8 Å². The number of nitrogens with zero attached hydrogens (tertiary/aromatic N) is 3. The third kappa shape index (κ3) is 3.10. The van der Waals surface area contributed by atoms with E-state index in [0.29, 0.717) is 5.69 Å². The molecule has 0 radical (unpaired) electrons. The Hall–Kier alpha value is -2.83. The van der Waals surface area contributed by atoms with E-state index in [1.807, 2.05) is 37.5 Å². The number of benzene rings is 1. The first-order valence-electron chi connectivity index (χ1n) is 7.81. The number of H-pyrrole nitrogens is 1. The summed E-state index contributed by atoms with van der Waals surface area (Å²) in [7, 11) is 5.23. The molecule has 0 aliphatic carbocycles. The normalized spacial score (nSPS) is 18.9. The monoisotopic (exact) mass is 327 g/mol. The standard InChI is InChI=1S/C17H21N5O2/c1-18-15-9-8-14(22(15)2)13-10-19-16(21-13)11-4-6-12(7-5-11)20-17(23)24-3/h4-7,10,14H,8-9H2,1-3H3,(H,19,21)(H,20,23)/b18-15-. The van der Waals surface area contributed by atoms with Crippen LogP contribution in [0.5, 0.6) is 0 Å². The number of amidine groups is 1. The van der Waals surface area contributed by atoms with Crippen LogP contribution < -0.4 is 5.32 Å². The highest BCUT2D eigenvalue weighted by Gasteiger charge is 2.28. The number of aromatic nitrogens is 2. The molecule has 1 fully saturated rings. The van der Waals surface area contributed by atoms with Crippen LogP contribution in [-0.4, -0.2) is 48.0 Å². The van der Waals surface area contributed by atoms with Gasteiger partial charge in [-0.1, -0.05) is 0 Å². The lowest BCUT2D eigenvalue weighted by Crippen LogP contribution is -2.23. The molecular formula is C17H21N5O2. The number of hydrogen-bond acceptors (Lipinski definition) is 4. The van der Waals surface area contributed by atoms with Crippen molar-refractivity contribution >= 4 is 17.6 Å². The predicted molar refractivity (Wildman–Crippen MR) is 93.1 cm³/mol. The van der Waals surface area contributed by atoms with Crippen molar-refractivity contribution < 1.29 is 9.53 Å². The highest BCUT2D eigenvalue weighted by Crippen LogP contribution is 2.32. The highest BCUT2D eigenvalue weighted by atomic mass is 16.5. The number of rotatable bonds is 3. The van der Waals surface area contributed by atoms with Gasteiger partial charge in [-0.25, -0.2) is 9.78 Å². The summed E-state index contributed by atoms with van der Waals surface area (Å²) in [5, 5.41) is 2.63. The Kier molecular flexibility index (Phi) is 4.50. The van der Waals surface area contributed by atoms with Crippen molar-refractivity contribution in [3.63, 3.8) is 0 Å². The van der Waals surface area contributed by atoms with Crippen LogP contribution in [0.15, 0.2) is 35.5 Å². The zero-order valence-corrected chi connectivity index (χ0v) is 14.0. The number of hydrogen-bond donors (Lipinski definition) is 2. The maximum Gasteiger partial charge on any atom is 0.411 e. The highest BCUT2D eigenvalue weighted by molar-refractivity contribution is 5.85. The van der Waals surface area contributed by atoms with Crippen molar-refractivity contribution in [2.75, 3.05) is 26.5 Å². The molecule has 2 aromatic rings. The summed E-state index contributed by atoms with van der Waals surface area (Å²) >= 11 is 0. The van der Waals surface area contributed by atoms with Crippen LogP contribution in [0.3, 0.4) is 0 Å². The van der Waals surface area contributed by atoms with Crippen LogP contribution in [-0.2, 0) is 4.74 Å². The first-order chi connectivity index (χ1) is 11.6. The number of ether oxygens (including phenoxy) is 1. The molecule has 7 heteroatoms. The van der Waals surface area contributed by atoms with E-state index in [2.05, 4.69) is 37.0 Å².